The number of rotatable bonds is 4. The van der Waals surface area contributed by atoms with Crippen molar-refractivity contribution in [2.75, 3.05) is 5.32 Å². The predicted molar refractivity (Wildman–Crippen MR) is 85.8 cm³/mol. The van der Waals surface area contributed by atoms with Gasteiger partial charge in [0.15, 0.2) is 0 Å². The van der Waals surface area contributed by atoms with Gasteiger partial charge in [0.2, 0.25) is 5.91 Å². The summed E-state index contributed by atoms with van der Waals surface area (Å²) in [6, 6.07) is 7.41. The second kappa shape index (κ2) is 6.97. The molecule has 1 aromatic rings. The lowest BCUT2D eigenvalue weighted by Gasteiger charge is -2.28. The summed E-state index contributed by atoms with van der Waals surface area (Å²) >= 11 is 0. The molecule has 0 aliphatic heterocycles. The summed E-state index contributed by atoms with van der Waals surface area (Å²) < 4.78 is 5.85. The average Bonchev–Trinajstić information content (AvgIpc) is 3.06. The van der Waals surface area contributed by atoms with Gasteiger partial charge in [0, 0.05) is 11.6 Å². The van der Waals surface area contributed by atoms with Crippen molar-refractivity contribution < 1.29 is 14.6 Å². The lowest BCUT2D eigenvalue weighted by Crippen LogP contribution is -2.34. The zero-order valence-electron chi connectivity index (χ0n) is 12.7. The highest BCUT2D eigenvalue weighted by Crippen LogP contribution is 2.25. The molecule has 0 heterocycles. The minimum Gasteiger partial charge on any atom is -0.488 e. The monoisotopic (exact) mass is 301 g/mol. The molecule has 0 radical (unpaired) electrons. The predicted octanol–water partition coefficient (Wildman–Crippen LogP) is 3.27. The van der Waals surface area contributed by atoms with Crippen LogP contribution in [0.3, 0.4) is 0 Å². The van der Waals surface area contributed by atoms with E-state index in [9.17, 15) is 9.90 Å². The fourth-order valence-electron chi connectivity index (χ4n) is 3.08. The maximum Gasteiger partial charge on any atom is 0.228 e. The van der Waals surface area contributed by atoms with E-state index >= 15 is 0 Å². The zero-order chi connectivity index (χ0) is 15.4. The summed E-state index contributed by atoms with van der Waals surface area (Å²) in [7, 11) is 0. The van der Waals surface area contributed by atoms with Crippen LogP contribution >= 0.6 is 0 Å². The van der Waals surface area contributed by atoms with Gasteiger partial charge >= 0.3 is 0 Å². The highest BCUT2D eigenvalue weighted by Gasteiger charge is 2.24. The Morgan fingerprint density at radius 2 is 1.77 bits per heavy atom. The number of carbonyl (C=O) groups is 1. The van der Waals surface area contributed by atoms with E-state index in [1.165, 1.54) is 0 Å². The Bertz CT molecular complexity index is 530. The zero-order valence-corrected chi connectivity index (χ0v) is 12.7. The molecule has 2 aliphatic rings. The number of hydrogen-bond acceptors (Lipinski definition) is 3. The third kappa shape index (κ3) is 3.69. The molecule has 1 aromatic carbocycles. The van der Waals surface area contributed by atoms with Crippen molar-refractivity contribution in [1.29, 1.82) is 0 Å². The molecule has 1 saturated carbocycles. The van der Waals surface area contributed by atoms with Crippen molar-refractivity contribution in [2.24, 2.45) is 5.92 Å². The number of anilines is 1. The maximum absolute atomic E-state index is 12.0. The van der Waals surface area contributed by atoms with Crippen LogP contribution in [0.2, 0.25) is 0 Å². The molecule has 4 heteroatoms. The summed E-state index contributed by atoms with van der Waals surface area (Å²) in [6.45, 7) is 0. The Balaban J connectivity index is 1.54. The summed E-state index contributed by atoms with van der Waals surface area (Å²) in [5.74, 6) is 0.876. The van der Waals surface area contributed by atoms with Crippen LogP contribution in [0.5, 0.6) is 5.75 Å². The number of ether oxygens (including phenoxy) is 1. The number of carbonyl (C=O) groups excluding carboxylic acids is 1. The first-order valence-corrected chi connectivity index (χ1v) is 8.13. The SMILES string of the molecule is O=C(Nc1ccc(O[C@@H]2CCCC[C@H]2O)cc1)C1CC=CC1. The maximum atomic E-state index is 12.0. The molecule has 118 valence electrons. The molecule has 1 amide bonds. The summed E-state index contributed by atoms with van der Waals surface area (Å²) in [5, 5.41) is 12.9. The number of nitrogens with one attached hydrogen (secondary N) is 1. The molecule has 2 aliphatic carbocycles. The molecule has 3 rings (SSSR count). The topological polar surface area (TPSA) is 58.6 Å². The summed E-state index contributed by atoms with van der Waals surface area (Å²) in [6.07, 6.45) is 9.16. The van der Waals surface area contributed by atoms with Gasteiger partial charge in [-0.05, 0) is 56.4 Å². The molecule has 4 nitrogen and oxygen atoms in total. The molecule has 1 fully saturated rings. The first kappa shape index (κ1) is 15.1. The van der Waals surface area contributed by atoms with E-state index in [0.717, 1.165) is 50.0 Å². The average molecular weight is 301 g/mol. The Morgan fingerprint density at radius 1 is 1.09 bits per heavy atom. The van der Waals surface area contributed by atoms with Crippen molar-refractivity contribution in [3.8, 4) is 5.75 Å². The number of aliphatic hydroxyl groups is 1. The summed E-state index contributed by atoms with van der Waals surface area (Å²) in [5.41, 5.74) is 0.786. The first-order chi connectivity index (χ1) is 10.7. The molecule has 2 atom stereocenters. The van der Waals surface area contributed by atoms with E-state index in [0.29, 0.717) is 0 Å². The van der Waals surface area contributed by atoms with Crippen LogP contribution < -0.4 is 10.1 Å². The van der Waals surface area contributed by atoms with Gasteiger partial charge < -0.3 is 15.2 Å². The van der Waals surface area contributed by atoms with Crippen LogP contribution in [-0.2, 0) is 4.79 Å². The fourth-order valence-corrected chi connectivity index (χ4v) is 3.08. The van der Waals surface area contributed by atoms with Crippen molar-refractivity contribution in [3.05, 3.63) is 36.4 Å². The Hall–Kier alpha value is -1.81. The smallest absolute Gasteiger partial charge is 0.228 e. The Labute approximate surface area is 131 Å². The standard InChI is InChI=1S/C18H23NO3/c20-16-7-3-4-8-17(16)22-15-11-9-14(10-12-15)19-18(21)13-5-1-2-6-13/h1-2,9-13,16-17,20H,3-8H2,(H,19,21)/t16-,17-/m1/s1. The van der Waals surface area contributed by atoms with E-state index in [1.54, 1.807) is 0 Å². The minimum atomic E-state index is -0.372. The number of benzene rings is 1. The van der Waals surface area contributed by atoms with Gasteiger partial charge in [-0.25, -0.2) is 0 Å². The third-order valence-electron chi connectivity index (χ3n) is 4.46. The largest absolute Gasteiger partial charge is 0.488 e. The second-order valence-corrected chi connectivity index (χ2v) is 6.16. The van der Waals surface area contributed by atoms with Crippen molar-refractivity contribution >= 4 is 11.6 Å². The quantitative estimate of drug-likeness (QED) is 0.839. The molecule has 0 aromatic heterocycles. The number of amides is 1. The molecule has 0 spiro atoms. The molecule has 0 bridgehead atoms. The van der Waals surface area contributed by atoms with Gasteiger partial charge in [-0.15, -0.1) is 0 Å². The van der Waals surface area contributed by atoms with Gasteiger partial charge in [0.25, 0.3) is 0 Å². The highest BCUT2D eigenvalue weighted by molar-refractivity contribution is 5.93. The molecule has 0 saturated heterocycles. The van der Waals surface area contributed by atoms with Gasteiger partial charge in [-0.1, -0.05) is 18.6 Å². The van der Waals surface area contributed by atoms with Crippen LogP contribution in [0.25, 0.3) is 0 Å². The van der Waals surface area contributed by atoms with E-state index in [4.69, 9.17) is 4.74 Å². The van der Waals surface area contributed by atoms with E-state index in [-0.39, 0.29) is 24.0 Å². The van der Waals surface area contributed by atoms with Gasteiger partial charge in [0.1, 0.15) is 11.9 Å². The van der Waals surface area contributed by atoms with Gasteiger partial charge in [-0.3, -0.25) is 4.79 Å². The lowest BCUT2D eigenvalue weighted by molar-refractivity contribution is -0.119. The Kier molecular flexibility index (Phi) is 4.78. The number of allylic oxidation sites excluding steroid dienone is 2. The highest BCUT2D eigenvalue weighted by atomic mass is 16.5. The van der Waals surface area contributed by atoms with Crippen molar-refractivity contribution in [3.63, 3.8) is 0 Å². The number of hydrogen-bond donors (Lipinski definition) is 2. The third-order valence-corrected chi connectivity index (χ3v) is 4.46. The first-order valence-electron chi connectivity index (χ1n) is 8.13. The molecule has 2 N–H and O–H groups in total. The van der Waals surface area contributed by atoms with Crippen LogP contribution in [0.1, 0.15) is 38.5 Å². The van der Waals surface area contributed by atoms with Gasteiger partial charge in [-0.2, -0.15) is 0 Å². The summed E-state index contributed by atoms with van der Waals surface area (Å²) in [4.78, 5) is 12.0. The molecule has 0 unspecified atom stereocenters. The molecular weight excluding hydrogens is 278 g/mol. The van der Waals surface area contributed by atoms with E-state index in [2.05, 4.69) is 17.5 Å². The fraction of sp³-hybridized carbons (Fsp3) is 0.500. The van der Waals surface area contributed by atoms with Crippen molar-refractivity contribution in [2.45, 2.75) is 50.7 Å². The number of aliphatic hydroxyl groups excluding tert-OH is 1. The van der Waals surface area contributed by atoms with Crippen LogP contribution in [0, 0.1) is 5.92 Å². The van der Waals surface area contributed by atoms with E-state index < -0.39 is 0 Å². The minimum absolute atomic E-state index is 0.0633. The van der Waals surface area contributed by atoms with E-state index in [1.807, 2.05) is 24.3 Å². The van der Waals surface area contributed by atoms with Crippen LogP contribution in [-0.4, -0.2) is 23.2 Å². The van der Waals surface area contributed by atoms with Crippen LogP contribution in [0.15, 0.2) is 36.4 Å². The lowest BCUT2D eigenvalue weighted by atomic mass is 9.95. The molecular formula is C18H23NO3. The van der Waals surface area contributed by atoms with Crippen LogP contribution in [0.4, 0.5) is 5.69 Å². The molecule has 22 heavy (non-hydrogen) atoms. The Morgan fingerprint density at radius 3 is 2.45 bits per heavy atom. The second-order valence-electron chi connectivity index (χ2n) is 6.16. The normalized spacial score (nSPS) is 25.1. The van der Waals surface area contributed by atoms with Gasteiger partial charge in [0.05, 0.1) is 6.10 Å². The van der Waals surface area contributed by atoms with Crippen molar-refractivity contribution in [1.82, 2.24) is 0 Å².